The van der Waals surface area contributed by atoms with E-state index in [1.165, 1.54) is 0 Å². The fourth-order valence-corrected chi connectivity index (χ4v) is 1.62. The third-order valence-corrected chi connectivity index (χ3v) is 2.29. The van der Waals surface area contributed by atoms with Crippen LogP contribution in [-0.4, -0.2) is 41.4 Å². The highest BCUT2D eigenvalue weighted by Crippen LogP contribution is 2.12. The second kappa shape index (κ2) is 4.23. The van der Waals surface area contributed by atoms with Crippen LogP contribution in [0.1, 0.15) is 13.3 Å². The Kier molecular flexibility index (Phi) is 3.25. The van der Waals surface area contributed by atoms with Crippen molar-refractivity contribution in [2.75, 3.05) is 19.6 Å². The minimum Gasteiger partial charge on any atom is -0.411 e. The molecule has 0 aromatic rings. The summed E-state index contributed by atoms with van der Waals surface area (Å²) < 4.78 is 0. The van der Waals surface area contributed by atoms with E-state index in [0.29, 0.717) is 13.0 Å². The van der Waals surface area contributed by atoms with Gasteiger partial charge in [-0.2, -0.15) is 0 Å². The number of primary amides is 1. The van der Waals surface area contributed by atoms with Crippen molar-refractivity contribution in [2.24, 2.45) is 16.8 Å². The van der Waals surface area contributed by atoms with Crippen molar-refractivity contribution in [3.8, 4) is 0 Å². The van der Waals surface area contributed by atoms with Crippen LogP contribution in [0.2, 0.25) is 0 Å². The third-order valence-electron chi connectivity index (χ3n) is 2.29. The van der Waals surface area contributed by atoms with E-state index >= 15 is 0 Å². The first-order valence-corrected chi connectivity index (χ1v) is 4.35. The molecule has 1 aliphatic rings. The number of hydrogen-bond donors (Lipinski definition) is 2. The van der Waals surface area contributed by atoms with Gasteiger partial charge in [0.25, 0.3) is 0 Å². The Morgan fingerprint density at radius 3 is 3.00 bits per heavy atom. The maximum Gasteiger partial charge on any atom is 0.231 e. The summed E-state index contributed by atoms with van der Waals surface area (Å²) in [5.74, 6) is -0.102. The Labute approximate surface area is 77.2 Å². The first-order chi connectivity index (χ1) is 6.13. The lowest BCUT2D eigenvalue weighted by Gasteiger charge is -2.30. The molecule has 0 spiro atoms. The van der Waals surface area contributed by atoms with E-state index < -0.39 is 0 Å². The first-order valence-electron chi connectivity index (χ1n) is 4.35. The summed E-state index contributed by atoms with van der Waals surface area (Å²) in [4.78, 5) is 12.6. The van der Waals surface area contributed by atoms with Gasteiger partial charge in [-0.25, -0.2) is 0 Å². The molecular weight excluding hydrogens is 170 g/mol. The van der Waals surface area contributed by atoms with Gasteiger partial charge in [0, 0.05) is 25.4 Å². The van der Waals surface area contributed by atoms with Crippen LogP contribution in [0, 0.1) is 5.92 Å². The molecule has 1 aliphatic heterocycles. The maximum absolute atomic E-state index is 10.6. The van der Waals surface area contributed by atoms with Crippen LogP contribution >= 0.6 is 0 Å². The fourth-order valence-electron chi connectivity index (χ4n) is 1.62. The maximum atomic E-state index is 10.6. The zero-order valence-corrected chi connectivity index (χ0v) is 7.73. The summed E-state index contributed by atoms with van der Waals surface area (Å²) in [6, 6.07) is 0. The summed E-state index contributed by atoms with van der Waals surface area (Å²) in [6.45, 7) is 3.75. The van der Waals surface area contributed by atoms with Gasteiger partial charge in [0.2, 0.25) is 5.91 Å². The van der Waals surface area contributed by atoms with Crippen LogP contribution < -0.4 is 5.73 Å². The molecule has 0 saturated carbocycles. The highest BCUT2D eigenvalue weighted by atomic mass is 16.4. The Balaban J connectivity index is 2.46. The van der Waals surface area contributed by atoms with Crippen molar-refractivity contribution in [3.63, 3.8) is 0 Å². The third kappa shape index (κ3) is 2.69. The SMILES string of the molecule is CC1CN(CC(N)=O)CC/C1=N\O. The number of carbonyl (C=O) groups is 1. The van der Waals surface area contributed by atoms with Gasteiger partial charge >= 0.3 is 0 Å². The summed E-state index contributed by atoms with van der Waals surface area (Å²) in [5.41, 5.74) is 5.88. The molecule has 3 N–H and O–H groups in total. The summed E-state index contributed by atoms with van der Waals surface area (Å²) in [7, 11) is 0. The second-order valence-corrected chi connectivity index (χ2v) is 3.44. The number of nitrogens with zero attached hydrogens (tertiary/aromatic N) is 2. The zero-order valence-electron chi connectivity index (χ0n) is 7.73. The molecule has 0 aromatic carbocycles. The number of likely N-dealkylation sites (tertiary alicyclic amines) is 1. The largest absolute Gasteiger partial charge is 0.411 e. The topological polar surface area (TPSA) is 78.9 Å². The molecule has 5 heteroatoms. The Morgan fingerprint density at radius 2 is 2.54 bits per heavy atom. The second-order valence-electron chi connectivity index (χ2n) is 3.44. The van der Waals surface area contributed by atoms with Gasteiger partial charge in [-0.3, -0.25) is 9.69 Å². The molecule has 0 aliphatic carbocycles. The van der Waals surface area contributed by atoms with Crippen LogP contribution in [-0.2, 0) is 4.79 Å². The zero-order chi connectivity index (χ0) is 9.84. The van der Waals surface area contributed by atoms with Gasteiger partial charge < -0.3 is 10.9 Å². The molecule has 1 amide bonds. The van der Waals surface area contributed by atoms with Crippen LogP contribution in [0.5, 0.6) is 0 Å². The van der Waals surface area contributed by atoms with Crippen molar-refractivity contribution in [1.82, 2.24) is 4.90 Å². The highest BCUT2D eigenvalue weighted by molar-refractivity contribution is 5.87. The number of rotatable bonds is 2. The lowest BCUT2D eigenvalue weighted by atomic mass is 9.98. The molecule has 1 saturated heterocycles. The van der Waals surface area contributed by atoms with E-state index in [1.54, 1.807) is 0 Å². The smallest absolute Gasteiger partial charge is 0.231 e. The predicted octanol–water partition coefficient (Wildman–Crippen LogP) is -0.356. The molecular formula is C8H15N3O2. The van der Waals surface area contributed by atoms with Gasteiger partial charge in [0.15, 0.2) is 0 Å². The standard InChI is InChI=1S/C8H15N3O2/c1-6-4-11(5-8(9)12)3-2-7(6)10-13/h6,13H,2-5H2,1H3,(H2,9,12)/b10-7+. The van der Waals surface area contributed by atoms with Crippen molar-refractivity contribution in [3.05, 3.63) is 0 Å². The molecule has 1 heterocycles. The van der Waals surface area contributed by atoms with Crippen LogP contribution in [0.3, 0.4) is 0 Å². The molecule has 1 atom stereocenters. The van der Waals surface area contributed by atoms with Crippen molar-refractivity contribution >= 4 is 11.6 Å². The van der Waals surface area contributed by atoms with Gasteiger partial charge in [0.05, 0.1) is 12.3 Å². The Morgan fingerprint density at radius 1 is 1.85 bits per heavy atom. The number of amides is 1. The number of piperidine rings is 1. The number of nitrogens with two attached hydrogens (primary N) is 1. The fraction of sp³-hybridized carbons (Fsp3) is 0.750. The average molecular weight is 185 g/mol. The van der Waals surface area contributed by atoms with E-state index in [1.807, 2.05) is 11.8 Å². The molecule has 74 valence electrons. The molecule has 13 heavy (non-hydrogen) atoms. The van der Waals surface area contributed by atoms with Gasteiger partial charge in [0.1, 0.15) is 0 Å². The average Bonchev–Trinajstić information content (AvgIpc) is 2.03. The Bertz CT molecular complexity index is 227. The monoisotopic (exact) mass is 185 g/mol. The minimum absolute atomic E-state index is 0.207. The van der Waals surface area contributed by atoms with Gasteiger partial charge in [-0.1, -0.05) is 12.1 Å². The molecule has 1 rings (SSSR count). The molecule has 1 fully saturated rings. The summed E-state index contributed by atoms with van der Waals surface area (Å²) in [6.07, 6.45) is 0.713. The van der Waals surface area contributed by atoms with E-state index in [0.717, 1.165) is 18.8 Å². The first kappa shape index (κ1) is 9.98. The van der Waals surface area contributed by atoms with E-state index in [9.17, 15) is 4.79 Å². The van der Waals surface area contributed by atoms with Crippen LogP contribution in [0.25, 0.3) is 0 Å². The van der Waals surface area contributed by atoms with Gasteiger partial charge in [-0.05, 0) is 0 Å². The predicted molar refractivity (Wildman–Crippen MR) is 48.6 cm³/mol. The number of oxime groups is 1. The lowest BCUT2D eigenvalue weighted by Crippen LogP contribution is -2.43. The van der Waals surface area contributed by atoms with Crippen molar-refractivity contribution in [2.45, 2.75) is 13.3 Å². The number of hydrogen-bond acceptors (Lipinski definition) is 4. The van der Waals surface area contributed by atoms with Crippen molar-refractivity contribution in [1.29, 1.82) is 0 Å². The summed E-state index contributed by atoms with van der Waals surface area (Å²) in [5, 5.41) is 11.8. The van der Waals surface area contributed by atoms with Crippen LogP contribution in [0.4, 0.5) is 0 Å². The normalized spacial score (nSPS) is 27.8. The Hall–Kier alpha value is -1.10. The molecule has 1 unspecified atom stereocenters. The molecule has 0 aromatic heterocycles. The lowest BCUT2D eigenvalue weighted by molar-refractivity contribution is -0.119. The summed E-state index contributed by atoms with van der Waals surface area (Å²) >= 11 is 0. The molecule has 5 nitrogen and oxygen atoms in total. The van der Waals surface area contributed by atoms with Crippen LogP contribution in [0.15, 0.2) is 5.16 Å². The molecule has 0 bridgehead atoms. The van der Waals surface area contributed by atoms with Crippen molar-refractivity contribution < 1.29 is 10.0 Å². The van der Waals surface area contributed by atoms with E-state index in [4.69, 9.17) is 10.9 Å². The van der Waals surface area contributed by atoms with E-state index in [-0.39, 0.29) is 11.8 Å². The van der Waals surface area contributed by atoms with E-state index in [2.05, 4.69) is 5.16 Å². The minimum atomic E-state index is -0.309. The quantitative estimate of drug-likeness (QED) is 0.455. The highest BCUT2D eigenvalue weighted by Gasteiger charge is 2.22. The number of carbonyl (C=O) groups excluding carboxylic acids is 1. The molecule has 0 radical (unpaired) electrons. The van der Waals surface area contributed by atoms with Gasteiger partial charge in [-0.15, -0.1) is 0 Å².